The zero-order valence-corrected chi connectivity index (χ0v) is 16.6. The molecular weight excluding hydrogens is 385 g/mol. The Balaban J connectivity index is 1.56. The summed E-state index contributed by atoms with van der Waals surface area (Å²) >= 11 is 11.1. The van der Waals surface area contributed by atoms with Gasteiger partial charge < -0.3 is 14.8 Å². The number of esters is 1. The lowest BCUT2D eigenvalue weighted by molar-refractivity contribution is -0.148. The summed E-state index contributed by atoms with van der Waals surface area (Å²) in [6.07, 6.45) is 0.963. The Kier molecular flexibility index (Phi) is 5.98. The van der Waals surface area contributed by atoms with Crippen molar-refractivity contribution in [3.05, 3.63) is 70.9 Å². The first-order chi connectivity index (χ1) is 12.9. The number of benzene rings is 2. The molecule has 1 aliphatic carbocycles. The number of hydrogen-bond acceptors (Lipinski definition) is 4. The number of para-hydroxylation sites is 1. The number of halogens is 2. The number of anilines is 2. The first kappa shape index (κ1) is 19.6. The van der Waals surface area contributed by atoms with Crippen LogP contribution in [0.1, 0.15) is 19.4 Å². The van der Waals surface area contributed by atoms with E-state index in [1.165, 1.54) is 6.26 Å². The Labute approximate surface area is 169 Å². The second-order valence-electron chi connectivity index (χ2n) is 7.06. The van der Waals surface area contributed by atoms with Crippen LogP contribution < -0.4 is 5.32 Å². The van der Waals surface area contributed by atoms with Gasteiger partial charge in [0.05, 0.1) is 0 Å². The van der Waals surface area contributed by atoms with Crippen molar-refractivity contribution < 1.29 is 14.3 Å². The van der Waals surface area contributed by atoms with Gasteiger partial charge in [-0.1, -0.05) is 67.4 Å². The molecule has 3 rings (SSSR count). The maximum absolute atomic E-state index is 12.4. The molecule has 0 saturated heterocycles. The van der Waals surface area contributed by atoms with Crippen molar-refractivity contribution in [2.45, 2.75) is 26.6 Å². The van der Waals surface area contributed by atoms with Gasteiger partial charge in [0.2, 0.25) is 0 Å². The largest absolute Gasteiger partial charge is 0.494 e. The van der Waals surface area contributed by atoms with Crippen molar-refractivity contribution in [1.82, 2.24) is 0 Å². The fourth-order valence-corrected chi connectivity index (χ4v) is 3.17. The minimum Gasteiger partial charge on any atom is -0.494 e. The molecule has 1 N–H and O–H groups in total. The minimum absolute atomic E-state index is 0.0209. The standard InChI is InChI=1S/C21H21Cl2NO3/c1-21(2)18(19(21)26-13-17(22)23)20(25)27-12-14-7-6-10-16(11-14)24-15-8-4-3-5-9-15/h3-11,13,18-19,24H,12H2,1-2H3. The molecule has 0 bridgehead atoms. The van der Waals surface area contributed by atoms with Gasteiger partial charge >= 0.3 is 5.97 Å². The van der Waals surface area contributed by atoms with Crippen LogP contribution in [-0.4, -0.2) is 12.1 Å². The second kappa shape index (κ2) is 8.24. The van der Waals surface area contributed by atoms with E-state index in [-0.39, 0.29) is 34.5 Å². The highest BCUT2D eigenvalue weighted by Gasteiger charge is 2.65. The molecule has 1 saturated carbocycles. The molecule has 0 aromatic heterocycles. The summed E-state index contributed by atoms with van der Waals surface area (Å²) in [5.74, 6) is -0.627. The van der Waals surface area contributed by atoms with Crippen LogP contribution in [0.15, 0.2) is 65.4 Å². The van der Waals surface area contributed by atoms with Gasteiger partial charge in [-0.15, -0.1) is 0 Å². The van der Waals surface area contributed by atoms with E-state index in [1.54, 1.807) is 0 Å². The number of carbonyl (C=O) groups is 1. The maximum atomic E-state index is 12.4. The van der Waals surface area contributed by atoms with Crippen molar-refractivity contribution in [2.24, 2.45) is 11.3 Å². The van der Waals surface area contributed by atoms with Gasteiger partial charge in [-0.3, -0.25) is 4.79 Å². The summed E-state index contributed by atoms with van der Waals surface area (Å²) in [4.78, 5) is 12.4. The van der Waals surface area contributed by atoms with Gasteiger partial charge in [-0.25, -0.2) is 0 Å². The molecular formula is C21H21Cl2NO3. The van der Waals surface area contributed by atoms with Crippen molar-refractivity contribution in [3.8, 4) is 0 Å². The molecule has 2 aromatic rings. The summed E-state index contributed by atoms with van der Waals surface area (Å²) < 4.78 is 11.0. The molecule has 4 nitrogen and oxygen atoms in total. The van der Waals surface area contributed by atoms with Crippen LogP contribution >= 0.6 is 23.2 Å². The fourth-order valence-electron chi connectivity index (χ4n) is 3.07. The van der Waals surface area contributed by atoms with E-state index in [0.29, 0.717) is 0 Å². The highest BCUT2D eigenvalue weighted by Crippen LogP contribution is 2.55. The van der Waals surface area contributed by atoms with E-state index < -0.39 is 0 Å². The van der Waals surface area contributed by atoms with Gasteiger partial charge in [-0.2, -0.15) is 0 Å². The molecule has 0 radical (unpaired) electrons. The Hall–Kier alpha value is -2.17. The number of hydrogen-bond donors (Lipinski definition) is 1. The maximum Gasteiger partial charge on any atom is 0.313 e. The molecule has 2 aromatic carbocycles. The predicted octanol–water partition coefficient (Wildman–Crippen LogP) is 5.79. The predicted molar refractivity (Wildman–Crippen MR) is 108 cm³/mol. The quantitative estimate of drug-likeness (QED) is 0.467. The highest BCUT2D eigenvalue weighted by molar-refractivity contribution is 6.55. The third-order valence-electron chi connectivity index (χ3n) is 4.66. The molecule has 1 aliphatic rings. The van der Waals surface area contributed by atoms with E-state index in [4.69, 9.17) is 32.7 Å². The molecule has 0 spiro atoms. The van der Waals surface area contributed by atoms with Crippen molar-refractivity contribution in [3.63, 3.8) is 0 Å². The molecule has 0 aliphatic heterocycles. The molecule has 1 fully saturated rings. The lowest BCUT2D eigenvalue weighted by Crippen LogP contribution is -2.11. The number of carbonyl (C=O) groups excluding carboxylic acids is 1. The van der Waals surface area contributed by atoms with Crippen molar-refractivity contribution in [1.29, 1.82) is 0 Å². The van der Waals surface area contributed by atoms with Crippen LogP contribution in [0.25, 0.3) is 0 Å². The summed E-state index contributed by atoms with van der Waals surface area (Å²) in [5.41, 5.74) is 2.53. The molecule has 142 valence electrons. The molecule has 6 heteroatoms. The van der Waals surface area contributed by atoms with Crippen molar-refractivity contribution >= 4 is 40.5 Å². The van der Waals surface area contributed by atoms with Crippen LogP contribution in [0.4, 0.5) is 11.4 Å². The van der Waals surface area contributed by atoms with Crippen molar-refractivity contribution in [2.75, 3.05) is 5.32 Å². The molecule has 2 unspecified atom stereocenters. The molecule has 2 atom stereocenters. The smallest absolute Gasteiger partial charge is 0.313 e. The summed E-state index contributed by atoms with van der Waals surface area (Å²) in [6, 6.07) is 17.7. The van der Waals surface area contributed by atoms with Crippen LogP contribution in [0, 0.1) is 11.3 Å². The topological polar surface area (TPSA) is 47.6 Å². The number of ether oxygens (including phenoxy) is 2. The average molecular weight is 406 g/mol. The third-order valence-corrected chi connectivity index (χ3v) is 4.83. The summed E-state index contributed by atoms with van der Waals surface area (Å²) in [6.45, 7) is 4.10. The number of nitrogens with one attached hydrogen (secondary N) is 1. The van der Waals surface area contributed by atoms with Gasteiger partial charge in [0.1, 0.15) is 29.4 Å². The van der Waals surface area contributed by atoms with Crippen LogP contribution in [0.2, 0.25) is 0 Å². The van der Waals surface area contributed by atoms with Crippen LogP contribution in [-0.2, 0) is 20.9 Å². The monoisotopic (exact) mass is 405 g/mol. The Morgan fingerprint density at radius 1 is 1.11 bits per heavy atom. The average Bonchev–Trinajstić information content (AvgIpc) is 3.20. The number of rotatable bonds is 7. The van der Waals surface area contributed by atoms with Gasteiger partial charge in [-0.05, 0) is 29.8 Å². The fraction of sp³-hybridized carbons (Fsp3) is 0.286. The summed E-state index contributed by atoms with van der Waals surface area (Å²) in [7, 11) is 0. The summed E-state index contributed by atoms with van der Waals surface area (Å²) in [5, 5.41) is 3.32. The molecule has 0 amide bonds. The van der Waals surface area contributed by atoms with E-state index in [1.807, 2.05) is 68.4 Å². The normalized spacial score (nSPS) is 19.7. The minimum atomic E-state index is -0.341. The van der Waals surface area contributed by atoms with E-state index in [9.17, 15) is 4.79 Å². The first-order valence-electron chi connectivity index (χ1n) is 8.62. The van der Waals surface area contributed by atoms with Crippen LogP contribution in [0.3, 0.4) is 0 Å². The molecule has 0 heterocycles. The SMILES string of the molecule is CC1(C)C(OC=C(Cl)Cl)C1C(=O)OCc1cccc(Nc2ccccc2)c1. The first-order valence-corrected chi connectivity index (χ1v) is 9.38. The van der Waals surface area contributed by atoms with E-state index in [2.05, 4.69) is 5.32 Å². The Morgan fingerprint density at radius 2 is 1.81 bits per heavy atom. The lowest BCUT2D eigenvalue weighted by Gasteiger charge is -2.09. The lowest BCUT2D eigenvalue weighted by atomic mass is 10.1. The zero-order chi connectivity index (χ0) is 19.4. The third kappa shape index (κ3) is 4.96. The Morgan fingerprint density at radius 3 is 2.52 bits per heavy atom. The van der Waals surface area contributed by atoms with E-state index in [0.717, 1.165) is 16.9 Å². The molecule has 27 heavy (non-hydrogen) atoms. The van der Waals surface area contributed by atoms with Gasteiger partial charge in [0, 0.05) is 16.8 Å². The van der Waals surface area contributed by atoms with Crippen LogP contribution in [0.5, 0.6) is 0 Å². The highest BCUT2D eigenvalue weighted by atomic mass is 35.5. The second-order valence-corrected chi connectivity index (χ2v) is 8.07. The Bertz CT molecular complexity index is 832. The van der Waals surface area contributed by atoms with Gasteiger partial charge in [0.15, 0.2) is 0 Å². The zero-order valence-electron chi connectivity index (χ0n) is 15.1. The van der Waals surface area contributed by atoms with Gasteiger partial charge in [0.25, 0.3) is 0 Å². The van der Waals surface area contributed by atoms with E-state index >= 15 is 0 Å².